The van der Waals surface area contributed by atoms with Crippen LogP contribution in [0.4, 0.5) is 0 Å². The van der Waals surface area contributed by atoms with Gasteiger partial charge in [-0.25, -0.2) is 4.79 Å². The fourth-order valence-corrected chi connectivity index (χ4v) is 1.36. The third-order valence-electron chi connectivity index (χ3n) is 2.64. The Hall–Kier alpha value is -1.06. The van der Waals surface area contributed by atoms with Gasteiger partial charge < -0.3 is 10.1 Å². The smallest absolute Gasteiger partial charge is 0.331 e. The van der Waals surface area contributed by atoms with Crippen LogP contribution in [0, 0.1) is 5.92 Å². The minimum Gasteiger partial charge on any atom is -0.467 e. The lowest BCUT2D eigenvalue weighted by Crippen LogP contribution is -2.56. The molecule has 0 fully saturated rings. The van der Waals surface area contributed by atoms with Gasteiger partial charge in [0.25, 0.3) is 0 Å². The molecular weight excluding hydrogens is 182 g/mol. The fraction of sp³-hybridized carbons (Fsp3) is 0.800. The van der Waals surface area contributed by atoms with E-state index in [-0.39, 0.29) is 11.8 Å². The first-order valence-corrected chi connectivity index (χ1v) is 4.75. The van der Waals surface area contributed by atoms with Gasteiger partial charge in [-0.1, -0.05) is 20.3 Å². The highest BCUT2D eigenvalue weighted by Gasteiger charge is 2.39. The topological polar surface area (TPSA) is 55.4 Å². The minimum atomic E-state index is -0.921. The lowest BCUT2D eigenvalue weighted by atomic mass is 9.85. The number of rotatable bonds is 4. The summed E-state index contributed by atoms with van der Waals surface area (Å²) in [5, 5.41) is 2.64. The number of esters is 1. The molecule has 0 rings (SSSR count). The summed E-state index contributed by atoms with van der Waals surface area (Å²) in [5.41, 5.74) is -0.921. The van der Waals surface area contributed by atoms with Gasteiger partial charge in [0, 0.05) is 6.92 Å². The first kappa shape index (κ1) is 12.9. The molecule has 0 aromatic carbocycles. The predicted octanol–water partition coefficient (Wildman–Crippen LogP) is 1.10. The summed E-state index contributed by atoms with van der Waals surface area (Å²) < 4.78 is 4.69. The van der Waals surface area contributed by atoms with E-state index in [2.05, 4.69) is 10.1 Å². The number of carbonyl (C=O) groups is 2. The van der Waals surface area contributed by atoms with Gasteiger partial charge in [-0.05, 0) is 12.8 Å². The highest BCUT2D eigenvalue weighted by molar-refractivity contribution is 5.87. The molecule has 14 heavy (non-hydrogen) atoms. The van der Waals surface area contributed by atoms with Crippen LogP contribution in [0.1, 0.15) is 34.1 Å². The van der Waals surface area contributed by atoms with E-state index in [0.717, 1.165) is 6.42 Å². The molecule has 82 valence electrons. The van der Waals surface area contributed by atoms with E-state index >= 15 is 0 Å². The molecule has 0 heterocycles. The molecule has 1 N–H and O–H groups in total. The van der Waals surface area contributed by atoms with Crippen LogP contribution >= 0.6 is 0 Å². The Kier molecular flexibility index (Phi) is 4.60. The second-order valence-corrected chi connectivity index (χ2v) is 3.68. The SMILES string of the molecule is CCC(C)C(C)(NC(C)=O)C(=O)OC. The molecule has 0 aromatic rings. The molecule has 2 unspecified atom stereocenters. The second-order valence-electron chi connectivity index (χ2n) is 3.68. The summed E-state index contributed by atoms with van der Waals surface area (Å²) in [5.74, 6) is -0.584. The van der Waals surface area contributed by atoms with Crippen molar-refractivity contribution in [1.29, 1.82) is 0 Å². The van der Waals surface area contributed by atoms with Crippen LogP contribution in [-0.2, 0) is 14.3 Å². The van der Waals surface area contributed by atoms with Crippen LogP contribution in [-0.4, -0.2) is 24.5 Å². The van der Waals surface area contributed by atoms with E-state index in [1.807, 2.05) is 13.8 Å². The summed E-state index contributed by atoms with van der Waals surface area (Å²) in [4.78, 5) is 22.5. The van der Waals surface area contributed by atoms with Gasteiger partial charge in [0.2, 0.25) is 5.91 Å². The molecular formula is C10H19NO3. The predicted molar refractivity (Wildman–Crippen MR) is 53.7 cm³/mol. The van der Waals surface area contributed by atoms with Crippen LogP contribution in [0.3, 0.4) is 0 Å². The average molecular weight is 201 g/mol. The minimum absolute atomic E-state index is 0.0406. The Balaban J connectivity index is 4.83. The quantitative estimate of drug-likeness (QED) is 0.693. The van der Waals surface area contributed by atoms with Crippen LogP contribution in [0.2, 0.25) is 0 Å². The Morgan fingerprint density at radius 1 is 1.50 bits per heavy atom. The second kappa shape index (κ2) is 4.98. The third-order valence-corrected chi connectivity index (χ3v) is 2.64. The molecule has 0 aliphatic carbocycles. The Labute approximate surface area is 85.0 Å². The normalized spacial score (nSPS) is 16.6. The van der Waals surface area contributed by atoms with E-state index in [4.69, 9.17) is 0 Å². The van der Waals surface area contributed by atoms with E-state index in [9.17, 15) is 9.59 Å². The van der Waals surface area contributed by atoms with Gasteiger partial charge in [-0.15, -0.1) is 0 Å². The molecule has 0 saturated heterocycles. The van der Waals surface area contributed by atoms with Crippen molar-refractivity contribution in [3.63, 3.8) is 0 Å². The Morgan fingerprint density at radius 3 is 2.29 bits per heavy atom. The van der Waals surface area contributed by atoms with Gasteiger partial charge in [-0.2, -0.15) is 0 Å². The summed E-state index contributed by atoms with van der Waals surface area (Å²) in [6.45, 7) is 6.96. The lowest BCUT2D eigenvalue weighted by molar-refractivity contribution is -0.152. The van der Waals surface area contributed by atoms with Gasteiger partial charge in [0.1, 0.15) is 5.54 Å². The zero-order valence-corrected chi connectivity index (χ0v) is 9.51. The fourth-order valence-electron chi connectivity index (χ4n) is 1.36. The monoisotopic (exact) mass is 201 g/mol. The van der Waals surface area contributed by atoms with Gasteiger partial charge in [-0.3, -0.25) is 4.79 Å². The zero-order valence-electron chi connectivity index (χ0n) is 9.51. The van der Waals surface area contributed by atoms with Gasteiger partial charge in [0.05, 0.1) is 7.11 Å². The molecule has 4 nitrogen and oxygen atoms in total. The standard InChI is InChI=1S/C10H19NO3/c1-6-7(2)10(4,9(13)14-5)11-8(3)12/h7H,6H2,1-5H3,(H,11,12). The Bertz CT molecular complexity index is 227. The molecule has 4 heteroatoms. The average Bonchev–Trinajstić information content (AvgIpc) is 2.13. The number of nitrogens with one attached hydrogen (secondary N) is 1. The molecule has 0 saturated carbocycles. The molecule has 0 radical (unpaired) electrons. The molecule has 1 amide bonds. The van der Waals surface area contributed by atoms with Crippen molar-refractivity contribution in [1.82, 2.24) is 5.32 Å². The molecule has 0 bridgehead atoms. The third kappa shape index (κ3) is 2.72. The van der Waals surface area contributed by atoms with E-state index < -0.39 is 11.5 Å². The molecule has 2 atom stereocenters. The van der Waals surface area contributed by atoms with Crippen molar-refractivity contribution in [3.05, 3.63) is 0 Å². The number of methoxy groups -OCH3 is 1. The number of carbonyl (C=O) groups excluding carboxylic acids is 2. The highest BCUT2D eigenvalue weighted by atomic mass is 16.5. The first-order chi connectivity index (χ1) is 6.38. The van der Waals surface area contributed by atoms with Crippen molar-refractivity contribution in [2.24, 2.45) is 5.92 Å². The Morgan fingerprint density at radius 2 is 2.00 bits per heavy atom. The van der Waals surface area contributed by atoms with Crippen molar-refractivity contribution in [3.8, 4) is 0 Å². The number of hydrogen-bond acceptors (Lipinski definition) is 3. The molecule has 0 aromatic heterocycles. The summed E-state index contributed by atoms with van der Waals surface area (Å²) in [6, 6.07) is 0. The van der Waals surface area contributed by atoms with Gasteiger partial charge >= 0.3 is 5.97 Å². The molecule has 0 aliphatic heterocycles. The number of hydrogen-bond donors (Lipinski definition) is 1. The molecule has 0 aliphatic rings. The van der Waals surface area contributed by atoms with Crippen molar-refractivity contribution < 1.29 is 14.3 Å². The maximum absolute atomic E-state index is 11.5. The summed E-state index contributed by atoms with van der Waals surface area (Å²) in [7, 11) is 1.32. The lowest BCUT2D eigenvalue weighted by Gasteiger charge is -2.32. The van der Waals surface area contributed by atoms with Crippen LogP contribution in [0.25, 0.3) is 0 Å². The van der Waals surface area contributed by atoms with E-state index in [0.29, 0.717) is 0 Å². The van der Waals surface area contributed by atoms with Crippen LogP contribution in [0.5, 0.6) is 0 Å². The van der Waals surface area contributed by atoms with E-state index in [1.165, 1.54) is 14.0 Å². The number of amides is 1. The van der Waals surface area contributed by atoms with Crippen molar-refractivity contribution in [2.75, 3.05) is 7.11 Å². The highest BCUT2D eigenvalue weighted by Crippen LogP contribution is 2.21. The van der Waals surface area contributed by atoms with Gasteiger partial charge in [0.15, 0.2) is 0 Å². The molecule has 0 spiro atoms. The van der Waals surface area contributed by atoms with Crippen molar-refractivity contribution in [2.45, 2.75) is 39.7 Å². The zero-order chi connectivity index (χ0) is 11.4. The van der Waals surface area contributed by atoms with Crippen LogP contribution in [0.15, 0.2) is 0 Å². The summed E-state index contributed by atoms with van der Waals surface area (Å²) >= 11 is 0. The summed E-state index contributed by atoms with van der Waals surface area (Å²) in [6.07, 6.45) is 0.798. The maximum atomic E-state index is 11.5. The first-order valence-electron chi connectivity index (χ1n) is 4.75. The maximum Gasteiger partial charge on any atom is 0.331 e. The van der Waals surface area contributed by atoms with Crippen molar-refractivity contribution >= 4 is 11.9 Å². The van der Waals surface area contributed by atoms with E-state index in [1.54, 1.807) is 6.92 Å². The number of ether oxygens (including phenoxy) is 1. The van der Waals surface area contributed by atoms with Crippen LogP contribution < -0.4 is 5.32 Å². The largest absolute Gasteiger partial charge is 0.467 e.